The minimum absolute atomic E-state index is 0.0258. The number of hydrogen-bond acceptors (Lipinski definition) is 4. The van der Waals surface area contributed by atoms with Crippen LogP contribution in [0.3, 0.4) is 0 Å². The number of rotatable bonds is 3. The Morgan fingerprint density at radius 3 is 2.65 bits per heavy atom. The van der Waals surface area contributed by atoms with Crippen LogP contribution in [-0.2, 0) is 14.6 Å². The van der Waals surface area contributed by atoms with Crippen molar-refractivity contribution in [3.05, 3.63) is 0 Å². The molecule has 0 bridgehead atoms. The minimum atomic E-state index is -2.97. The van der Waals surface area contributed by atoms with Crippen molar-refractivity contribution in [2.45, 2.75) is 50.2 Å². The van der Waals surface area contributed by atoms with Crippen LogP contribution >= 0.6 is 0 Å². The Morgan fingerprint density at radius 2 is 2.06 bits per heavy atom. The summed E-state index contributed by atoms with van der Waals surface area (Å²) in [5.41, 5.74) is 6.08. The van der Waals surface area contributed by atoms with E-state index in [1.807, 2.05) is 0 Å². The molecular weight excluding hydrogens is 238 g/mol. The molecule has 0 aromatic rings. The summed E-state index contributed by atoms with van der Waals surface area (Å²) in [6.45, 7) is 0.738. The van der Waals surface area contributed by atoms with Gasteiger partial charge in [0.15, 0.2) is 0 Å². The molecule has 0 radical (unpaired) electrons. The van der Waals surface area contributed by atoms with Gasteiger partial charge in [0.2, 0.25) is 0 Å². The Morgan fingerprint density at radius 1 is 1.41 bits per heavy atom. The first-order valence-electron chi connectivity index (χ1n) is 6.48. The lowest BCUT2D eigenvalue weighted by atomic mass is 9.81. The van der Waals surface area contributed by atoms with Gasteiger partial charge < -0.3 is 10.5 Å². The van der Waals surface area contributed by atoms with E-state index >= 15 is 0 Å². The summed E-state index contributed by atoms with van der Waals surface area (Å²) in [6.07, 6.45) is 7.81. The highest BCUT2D eigenvalue weighted by Gasteiger charge is 2.41. The van der Waals surface area contributed by atoms with Gasteiger partial charge in [0, 0.05) is 18.9 Å². The molecule has 100 valence electrons. The van der Waals surface area contributed by atoms with Crippen LogP contribution in [-0.4, -0.2) is 38.7 Å². The maximum Gasteiger partial charge on any atom is 0.148 e. The Kier molecular flexibility index (Phi) is 3.80. The summed E-state index contributed by atoms with van der Waals surface area (Å²) in [5, 5.41) is 0. The van der Waals surface area contributed by atoms with Gasteiger partial charge in [-0.1, -0.05) is 12.8 Å². The van der Waals surface area contributed by atoms with E-state index in [9.17, 15) is 8.42 Å². The lowest BCUT2D eigenvalue weighted by Gasteiger charge is -2.40. The molecule has 17 heavy (non-hydrogen) atoms. The summed E-state index contributed by atoms with van der Waals surface area (Å²) < 4.78 is 28.5. The van der Waals surface area contributed by atoms with Crippen LogP contribution in [0, 0.1) is 5.92 Å². The zero-order valence-electron chi connectivity index (χ0n) is 10.5. The summed E-state index contributed by atoms with van der Waals surface area (Å²) in [5.74, 6) is 0.407. The van der Waals surface area contributed by atoms with E-state index < -0.39 is 9.84 Å². The Hall–Kier alpha value is -0.130. The van der Waals surface area contributed by atoms with Gasteiger partial charge in [-0.3, -0.25) is 0 Å². The summed E-state index contributed by atoms with van der Waals surface area (Å²) in [4.78, 5) is 0. The second kappa shape index (κ2) is 4.86. The highest BCUT2D eigenvalue weighted by atomic mass is 32.2. The van der Waals surface area contributed by atoms with E-state index in [1.165, 1.54) is 19.1 Å². The van der Waals surface area contributed by atoms with Gasteiger partial charge in [-0.2, -0.15) is 0 Å². The maximum atomic E-state index is 11.3. The molecule has 2 fully saturated rings. The summed E-state index contributed by atoms with van der Waals surface area (Å²) in [7, 11) is -2.97. The van der Waals surface area contributed by atoms with Gasteiger partial charge in [0.1, 0.15) is 9.84 Å². The number of sulfone groups is 1. The molecule has 1 saturated carbocycles. The van der Waals surface area contributed by atoms with Crippen LogP contribution in [0.2, 0.25) is 0 Å². The first-order valence-corrected chi connectivity index (χ1v) is 8.54. The molecular formula is C12H23NO3S. The summed E-state index contributed by atoms with van der Waals surface area (Å²) >= 11 is 0. The lowest BCUT2D eigenvalue weighted by molar-refractivity contribution is -0.0951. The van der Waals surface area contributed by atoms with E-state index in [-0.39, 0.29) is 17.4 Å². The second-order valence-electron chi connectivity index (χ2n) is 5.75. The quantitative estimate of drug-likeness (QED) is 0.826. The second-order valence-corrected chi connectivity index (χ2v) is 7.93. The van der Waals surface area contributed by atoms with Crippen molar-refractivity contribution in [2.24, 2.45) is 11.7 Å². The number of hydrogen-bond donors (Lipinski definition) is 1. The molecule has 1 aliphatic heterocycles. The fourth-order valence-electron chi connectivity index (χ4n) is 3.28. The average Bonchev–Trinajstić information content (AvgIpc) is 2.64. The van der Waals surface area contributed by atoms with Gasteiger partial charge in [0.05, 0.1) is 11.4 Å². The molecule has 2 aliphatic rings. The predicted molar refractivity (Wildman–Crippen MR) is 67.6 cm³/mol. The molecule has 1 saturated heterocycles. The predicted octanol–water partition coefficient (Wildman–Crippen LogP) is 1.10. The van der Waals surface area contributed by atoms with Crippen molar-refractivity contribution in [1.82, 2.24) is 0 Å². The Labute approximate surface area is 104 Å². The smallest absolute Gasteiger partial charge is 0.148 e. The zero-order chi connectivity index (χ0) is 12.5. The largest absolute Gasteiger partial charge is 0.375 e. The molecule has 2 atom stereocenters. The summed E-state index contributed by atoms with van der Waals surface area (Å²) in [6, 6.07) is -0.230. The van der Waals surface area contributed by atoms with E-state index in [0.29, 0.717) is 5.92 Å². The molecule has 2 rings (SSSR count). The fraction of sp³-hybridized carbons (Fsp3) is 1.00. The standard InChI is InChI=1S/C12H23NO3S/c1-17(14,15)9-11(13)10-4-7-16-12(8-10)5-2-3-6-12/h10-11H,2-9,13H2,1H3. The lowest BCUT2D eigenvalue weighted by Crippen LogP contribution is -2.46. The highest BCUT2D eigenvalue weighted by Crippen LogP contribution is 2.42. The van der Waals surface area contributed by atoms with Crippen LogP contribution in [0.5, 0.6) is 0 Å². The molecule has 1 spiro atoms. The number of nitrogens with two attached hydrogens (primary N) is 1. The van der Waals surface area contributed by atoms with Crippen LogP contribution < -0.4 is 5.73 Å². The first kappa shape index (κ1) is 13.3. The molecule has 2 N–H and O–H groups in total. The third kappa shape index (κ3) is 3.42. The molecule has 0 aromatic carbocycles. The fourth-order valence-corrected chi connectivity index (χ4v) is 4.26. The van der Waals surface area contributed by atoms with Crippen molar-refractivity contribution < 1.29 is 13.2 Å². The van der Waals surface area contributed by atoms with Crippen molar-refractivity contribution in [3.63, 3.8) is 0 Å². The Balaban J connectivity index is 1.97. The van der Waals surface area contributed by atoms with E-state index in [1.54, 1.807) is 0 Å². The van der Waals surface area contributed by atoms with Crippen molar-refractivity contribution >= 4 is 9.84 Å². The van der Waals surface area contributed by atoms with Crippen LogP contribution in [0.25, 0.3) is 0 Å². The molecule has 1 aliphatic carbocycles. The van der Waals surface area contributed by atoms with Gasteiger partial charge in [0.25, 0.3) is 0 Å². The van der Waals surface area contributed by atoms with E-state index in [0.717, 1.165) is 32.3 Å². The van der Waals surface area contributed by atoms with Crippen molar-refractivity contribution in [3.8, 4) is 0 Å². The highest BCUT2D eigenvalue weighted by molar-refractivity contribution is 7.90. The minimum Gasteiger partial charge on any atom is -0.375 e. The Bertz CT molecular complexity index is 360. The third-order valence-corrected chi connectivity index (χ3v) is 5.14. The van der Waals surface area contributed by atoms with Gasteiger partial charge in [-0.15, -0.1) is 0 Å². The van der Waals surface area contributed by atoms with Gasteiger partial charge in [-0.25, -0.2) is 8.42 Å². The SMILES string of the molecule is CS(=O)(=O)CC(N)C1CCOC2(CCCC2)C1. The topological polar surface area (TPSA) is 69.4 Å². The van der Waals surface area contributed by atoms with Crippen molar-refractivity contribution in [2.75, 3.05) is 18.6 Å². The molecule has 2 unspecified atom stereocenters. The number of ether oxygens (including phenoxy) is 1. The van der Waals surface area contributed by atoms with Crippen LogP contribution in [0.4, 0.5) is 0 Å². The average molecular weight is 261 g/mol. The molecule has 4 nitrogen and oxygen atoms in total. The zero-order valence-corrected chi connectivity index (χ0v) is 11.3. The first-order chi connectivity index (χ1) is 7.90. The van der Waals surface area contributed by atoms with Gasteiger partial charge >= 0.3 is 0 Å². The van der Waals surface area contributed by atoms with Crippen molar-refractivity contribution in [1.29, 1.82) is 0 Å². The molecule has 0 amide bonds. The van der Waals surface area contributed by atoms with Crippen LogP contribution in [0.1, 0.15) is 38.5 Å². The van der Waals surface area contributed by atoms with Gasteiger partial charge in [-0.05, 0) is 31.6 Å². The van der Waals surface area contributed by atoms with E-state index in [2.05, 4.69) is 0 Å². The molecule has 5 heteroatoms. The maximum absolute atomic E-state index is 11.3. The third-order valence-electron chi connectivity index (χ3n) is 4.15. The molecule has 1 heterocycles. The monoisotopic (exact) mass is 261 g/mol. The normalized spacial score (nSPS) is 30.6. The van der Waals surface area contributed by atoms with E-state index in [4.69, 9.17) is 10.5 Å². The van der Waals surface area contributed by atoms with Crippen LogP contribution in [0.15, 0.2) is 0 Å². The molecule has 0 aromatic heterocycles.